The van der Waals surface area contributed by atoms with E-state index in [-0.39, 0.29) is 12.3 Å². The van der Waals surface area contributed by atoms with Gasteiger partial charge < -0.3 is 16.2 Å². The van der Waals surface area contributed by atoms with Gasteiger partial charge in [-0.25, -0.2) is 0 Å². The van der Waals surface area contributed by atoms with Crippen LogP contribution in [0.3, 0.4) is 0 Å². The molecule has 0 aliphatic heterocycles. The summed E-state index contributed by atoms with van der Waals surface area (Å²) in [4.78, 5) is 23.1. The van der Waals surface area contributed by atoms with Crippen LogP contribution in [0.25, 0.3) is 0 Å². The van der Waals surface area contributed by atoms with E-state index in [1.54, 1.807) is 36.4 Å². The zero-order chi connectivity index (χ0) is 17.0. The molecule has 0 unspecified atom stereocenters. The number of rotatable bonds is 5. The molecule has 0 saturated carbocycles. The minimum atomic E-state index is -1.04. The third-order valence-electron chi connectivity index (χ3n) is 3.43. The molecule has 0 saturated heterocycles. The smallest absolute Gasteiger partial charge is 0.320 e. The number of nitrogens with two attached hydrogens (primary N) is 1. The minimum Gasteiger partial charge on any atom is -0.480 e. The van der Waals surface area contributed by atoms with E-state index in [9.17, 15) is 9.59 Å². The van der Waals surface area contributed by atoms with Crippen molar-refractivity contribution >= 4 is 29.2 Å². The Morgan fingerprint density at radius 2 is 1.87 bits per heavy atom. The van der Waals surface area contributed by atoms with Crippen LogP contribution in [0.15, 0.2) is 42.5 Å². The van der Waals surface area contributed by atoms with Gasteiger partial charge in [-0.2, -0.15) is 0 Å². The minimum absolute atomic E-state index is 0.229. The number of hydrogen-bond acceptors (Lipinski definition) is 3. The molecule has 2 aromatic carbocycles. The summed E-state index contributed by atoms with van der Waals surface area (Å²) in [6, 6.07) is 11.2. The van der Waals surface area contributed by atoms with Gasteiger partial charge in [0.15, 0.2) is 0 Å². The molecule has 4 N–H and O–H groups in total. The molecule has 23 heavy (non-hydrogen) atoms. The van der Waals surface area contributed by atoms with Crippen LogP contribution in [0.1, 0.15) is 21.5 Å². The van der Waals surface area contributed by atoms with Crippen LogP contribution < -0.4 is 11.1 Å². The van der Waals surface area contributed by atoms with E-state index in [1.807, 2.05) is 13.0 Å². The average Bonchev–Trinajstić information content (AvgIpc) is 2.49. The van der Waals surface area contributed by atoms with Crippen LogP contribution in [0.2, 0.25) is 5.02 Å². The van der Waals surface area contributed by atoms with E-state index >= 15 is 0 Å². The first kappa shape index (κ1) is 17.0. The predicted molar refractivity (Wildman–Crippen MR) is 89.9 cm³/mol. The molecule has 120 valence electrons. The van der Waals surface area contributed by atoms with E-state index in [1.165, 1.54) is 0 Å². The van der Waals surface area contributed by atoms with Crippen molar-refractivity contribution in [3.63, 3.8) is 0 Å². The van der Waals surface area contributed by atoms with Gasteiger partial charge in [0.2, 0.25) is 0 Å². The molecule has 0 bridgehead atoms. The van der Waals surface area contributed by atoms with Gasteiger partial charge in [-0.15, -0.1) is 0 Å². The highest BCUT2D eigenvalue weighted by molar-refractivity contribution is 6.34. The fourth-order valence-electron chi connectivity index (χ4n) is 2.18. The van der Waals surface area contributed by atoms with Crippen LogP contribution in [-0.4, -0.2) is 23.0 Å². The second-order valence-corrected chi connectivity index (χ2v) is 5.64. The highest BCUT2D eigenvalue weighted by Gasteiger charge is 2.14. The maximum absolute atomic E-state index is 12.3. The molecule has 6 heteroatoms. The SMILES string of the molecule is Cc1cccc(Cl)c1C(=O)Nc1ccc(C[C@H](N)C(=O)O)cc1. The number of benzene rings is 2. The van der Waals surface area contributed by atoms with E-state index in [4.69, 9.17) is 22.4 Å². The molecule has 0 aliphatic carbocycles. The molecule has 1 amide bonds. The van der Waals surface area contributed by atoms with Gasteiger partial charge in [-0.3, -0.25) is 9.59 Å². The zero-order valence-corrected chi connectivity index (χ0v) is 13.3. The monoisotopic (exact) mass is 332 g/mol. The van der Waals surface area contributed by atoms with Gasteiger partial charge in [0.05, 0.1) is 10.6 Å². The lowest BCUT2D eigenvalue weighted by Gasteiger charge is -2.11. The predicted octanol–water partition coefficient (Wildman–Crippen LogP) is 2.86. The summed E-state index contributed by atoms with van der Waals surface area (Å²) in [5.74, 6) is -1.33. The second kappa shape index (κ2) is 7.26. The van der Waals surface area contributed by atoms with Gasteiger partial charge in [-0.05, 0) is 42.7 Å². The summed E-state index contributed by atoms with van der Waals surface area (Å²) in [6.45, 7) is 1.82. The first-order valence-electron chi connectivity index (χ1n) is 7.02. The Bertz CT molecular complexity index is 709. The summed E-state index contributed by atoms with van der Waals surface area (Å²) < 4.78 is 0. The van der Waals surface area contributed by atoms with Gasteiger partial charge in [0, 0.05) is 5.69 Å². The highest BCUT2D eigenvalue weighted by Crippen LogP contribution is 2.21. The Labute approximate surface area is 139 Å². The lowest BCUT2D eigenvalue weighted by atomic mass is 10.1. The van der Waals surface area contributed by atoms with Gasteiger partial charge in [0.1, 0.15) is 6.04 Å². The Balaban J connectivity index is 2.09. The number of carboxylic acids is 1. The third kappa shape index (κ3) is 4.31. The quantitative estimate of drug-likeness (QED) is 0.785. The lowest BCUT2D eigenvalue weighted by Crippen LogP contribution is -2.32. The number of carbonyl (C=O) groups is 2. The Hall–Kier alpha value is -2.37. The van der Waals surface area contributed by atoms with Crippen molar-refractivity contribution in [1.82, 2.24) is 0 Å². The number of carboxylic acid groups (broad SMARTS) is 1. The molecule has 0 aromatic heterocycles. The van der Waals surface area contributed by atoms with Gasteiger partial charge in [0.25, 0.3) is 5.91 Å². The summed E-state index contributed by atoms with van der Waals surface area (Å²) in [5.41, 5.74) is 8.10. The lowest BCUT2D eigenvalue weighted by molar-refractivity contribution is -0.138. The normalized spacial score (nSPS) is 11.8. The Morgan fingerprint density at radius 3 is 2.43 bits per heavy atom. The molecule has 2 rings (SSSR count). The summed E-state index contributed by atoms with van der Waals surface area (Å²) >= 11 is 6.07. The van der Waals surface area contributed by atoms with Crippen LogP contribution >= 0.6 is 11.6 Å². The number of aliphatic carboxylic acids is 1. The van der Waals surface area contributed by atoms with Crippen LogP contribution in [0, 0.1) is 6.92 Å². The number of anilines is 1. The molecular formula is C17H17ClN2O3. The number of carbonyl (C=O) groups excluding carboxylic acids is 1. The van der Waals surface area contributed by atoms with Gasteiger partial charge in [-0.1, -0.05) is 35.9 Å². The maximum atomic E-state index is 12.3. The molecule has 2 aromatic rings. The second-order valence-electron chi connectivity index (χ2n) is 5.23. The number of halogens is 1. The molecule has 0 radical (unpaired) electrons. The molecule has 0 heterocycles. The highest BCUT2D eigenvalue weighted by atomic mass is 35.5. The van der Waals surface area contributed by atoms with Crippen molar-refractivity contribution in [2.75, 3.05) is 5.32 Å². The van der Waals surface area contributed by atoms with Gasteiger partial charge >= 0.3 is 5.97 Å². The number of nitrogens with one attached hydrogen (secondary N) is 1. The molecule has 1 atom stereocenters. The van der Waals surface area contributed by atoms with Crippen LogP contribution in [0.5, 0.6) is 0 Å². The number of hydrogen-bond donors (Lipinski definition) is 3. The fourth-order valence-corrected chi connectivity index (χ4v) is 2.49. The van der Waals surface area contributed by atoms with Crippen LogP contribution in [-0.2, 0) is 11.2 Å². The standard InChI is InChI=1S/C17H17ClN2O3/c1-10-3-2-4-13(18)15(10)16(21)20-12-7-5-11(6-8-12)9-14(19)17(22)23/h2-8,14H,9,19H2,1H3,(H,20,21)(H,22,23)/t14-/m0/s1. The van der Waals surface area contributed by atoms with E-state index in [2.05, 4.69) is 5.32 Å². The topological polar surface area (TPSA) is 92.4 Å². The van der Waals surface area contributed by atoms with Crippen molar-refractivity contribution in [2.24, 2.45) is 5.73 Å². The third-order valence-corrected chi connectivity index (χ3v) is 3.75. The summed E-state index contributed by atoms with van der Waals surface area (Å²) in [6.07, 6.45) is 0.229. The first-order chi connectivity index (χ1) is 10.9. The van der Waals surface area contributed by atoms with Crippen molar-refractivity contribution < 1.29 is 14.7 Å². The van der Waals surface area contributed by atoms with Crippen LogP contribution in [0.4, 0.5) is 5.69 Å². The molecule has 0 spiro atoms. The number of aryl methyl sites for hydroxylation is 1. The summed E-state index contributed by atoms with van der Waals surface area (Å²) in [5, 5.41) is 12.0. The molecular weight excluding hydrogens is 316 g/mol. The van der Waals surface area contributed by atoms with Crippen molar-refractivity contribution in [1.29, 1.82) is 0 Å². The van der Waals surface area contributed by atoms with Crippen molar-refractivity contribution in [3.05, 3.63) is 64.2 Å². The maximum Gasteiger partial charge on any atom is 0.320 e. The largest absolute Gasteiger partial charge is 0.480 e. The summed E-state index contributed by atoms with van der Waals surface area (Å²) in [7, 11) is 0. The number of amides is 1. The molecule has 0 aliphatic rings. The van der Waals surface area contributed by atoms with E-state index < -0.39 is 12.0 Å². The molecule has 5 nitrogen and oxygen atoms in total. The fraction of sp³-hybridized carbons (Fsp3) is 0.176. The van der Waals surface area contributed by atoms with E-state index in [0.29, 0.717) is 16.3 Å². The van der Waals surface area contributed by atoms with Crippen molar-refractivity contribution in [3.8, 4) is 0 Å². The Kier molecular flexibility index (Phi) is 5.36. The Morgan fingerprint density at radius 1 is 1.22 bits per heavy atom. The average molecular weight is 333 g/mol. The van der Waals surface area contributed by atoms with Crippen molar-refractivity contribution in [2.45, 2.75) is 19.4 Å². The zero-order valence-electron chi connectivity index (χ0n) is 12.5. The molecule has 0 fully saturated rings. The van der Waals surface area contributed by atoms with E-state index in [0.717, 1.165) is 11.1 Å². The first-order valence-corrected chi connectivity index (χ1v) is 7.40.